The van der Waals surface area contributed by atoms with Crippen LogP contribution >= 0.6 is 0 Å². The highest BCUT2D eigenvalue weighted by atomic mass is 16.7. The zero-order valence-electron chi connectivity index (χ0n) is 8.49. The van der Waals surface area contributed by atoms with Crippen LogP contribution in [0.3, 0.4) is 0 Å². The molecule has 5 nitrogen and oxygen atoms in total. The Morgan fingerprint density at radius 2 is 2.00 bits per heavy atom. The molecule has 5 heteroatoms. The van der Waals surface area contributed by atoms with Crippen molar-refractivity contribution in [2.45, 2.75) is 33.6 Å². The minimum atomic E-state index is -0.663. The molecular weight excluding hydrogens is 186 g/mol. The van der Waals surface area contributed by atoms with E-state index in [0.29, 0.717) is 11.5 Å². The quantitative estimate of drug-likeness (QED) is 0.581. The second-order valence-corrected chi connectivity index (χ2v) is 3.96. The first-order chi connectivity index (χ1) is 6.34. The molecule has 0 unspecified atom stereocenters. The number of imide groups is 1. The summed E-state index contributed by atoms with van der Waals surface area (Å²) in [5, 5.41) is 0.575. The molecule has 1 saturated heterocycles. The first-order valence-electron chi connectivity index (χ1n) is 4.40. The highest BCUT2D eigenvalue weighted by molar-refractivity contribution is 5.99. The number of nitrogens with zero attached hydrogens (tertiary/aromatic N) is 1. The monoisotopic (exact) mass is 199 g/mol. The summed E-state index contributed by atoms with van der Waals surface area (Å²) >= 11 is 0. The Kier molecular flexibility index (Phi) is 2.59. The van der Waals surface area contributed by atoms with E-state index < -0.39 is 23.2 Å². The molecule has 0 atom stereocenters. The molecule has 0 saturated carbocycles. The smallest absolute Gasteiger partial charge is 0.330 e. The van der Waals surface area contributed by atoms with Gasteiger partial charge in [-0.2, -0.15) is 0 Å². The molecule has 0 spiro atoms. The predicted molar refractivity (Wildman–Crippen MR) is 46.6 cm³/mol. The maximum atomic E-state index is 11.6. The molecule has 1 fully saturated rings. The third kappa shape index (κ3) is 1.92. The lowest BCUT2D eigenvalue weighted by Crippen LogP contribution is -2.49. The van der Waals surface area contributed by atoms with E-state index in [0.717, 1.165) is 6.92 Å². The number of carbonyl (C=O) groups is 3. The van der Waals surface area contributed by atoms with Crippen LogP contribution in [0, 0.1) is 5.41 Å². The summed E-state index contributed by atoms with van der Waals surface area (Å²) in [5.41, 5.74) is -0.636. The Bertz CT molecular complexity index is 295. The number of rotatable bonds is 1. The summed E-state index contributed by atoms with van der Waals surface area (Å²) in [6.07, 6.45) is 0.717. The van der Waals surface area contributed by atoms with Crippen LogP contribution in [0.1, 0.15) is 33.6 Å². The normalized spacial score (nSPS) is 20.9. The molecule has 0 aromatic rings. The molecule has 1 aliphatic heterocycles. The van der Waals surface area contributed by atoms with Crippen molar-refractivity contribution in [3.05, 3.63) is 0 Å². The Hall–Kier alpha value is -1.39. The second-order valence-electron chi connectivity index (χ2n) is 3.96. The van der Waals surface area contributed by atoms with E-state index in [1.807, 2.05) is 0 Å². The van der Waals surface area contributed by atoms with E-state index in [-0.39, 0.29) is 6.42 Å². The number of carbonyl (C=O) groups excluding carboxylic acids is 3. The molecule has 78 valence electrons. The molecule has 0 radical (unpaired) electrons. The van der Waals surface area contributed by atoms with Gasteiger partial charge < -0.3 is 4.84 Å². The van der Waals surface area contributed by atoms with Gasteiger partial charge in [-0.05, 0) is 6.42 Å². The van der Waals surface area contributed by atoms with Gasteiger partial charge in [-0.1, -0.05) is 13.8 Å². The molecule has 0 bridgehead atoms. The molecule has 1 aliphatic rings. The van der Waals surface area contributed by atoms with E-state index in [4.69, 9.17) is 0 Å². The topological polar surface area (TPSA) is 63.7 Å². The van der Waals surface area contributed by atoms with Gasteiger partial charge in [-0.3, -0.25) is 9.59 Å². The summed E-state index contributed by atoms with van der Waals surface area (Å²) in [7, 11) is 0. The zero-order chi connectivity index (χ0) is 10.9. The van der Waals surface area contributed by atoms with E-state index in [1.54, 1.807) is 13.8 Å². The molecule has 1 heterocycles. The van der Waals surface area contributed by atoms with Crippen LogP contribution in [-0.2, 0) is 19.2 Å². The predicted octanol–water partition coefficient (Wildman–Crippen LogP) is 0.640. The molecule has 1 rings (SSSR count). The molecule has 0 N–H and O–H groups in total. The summed E-state index contributed by atoms with van der Waals surface area (Å²) in [5.74, 6) is -1.57. The lowest BCUT2D eigenvalue weighted by molar-refractivity contribution is -0.210. The summed E-state index contributed by atoms with van der Waals surface area (Å²) in [4.78, 5) is 38.1. The fourth-order valence-corrected chi connectivity index (χ4v) is 1.24. The molecule has 2 amide bonds. The van der Waals surface area contributed by atoms with Crippen molar-refractivity contribution in [3.8, 4) is 0 Å². The van der Waals surface area contributed by atoms with Crippen molar-refractivity contribution < 1.29 is 19.2 Å². The van der Waals surface area contributed by atoms with Crippen molar-refractivity contribution in [1.29, 1.82) is 0 Å². The van der Waals surface area contributed by atoms with Crippen LogP contribution in [0.2, 0.25) is 0 Å². The van der Waals surface area contributed by atoms with Gasteiger partial charge in [0.15, 0.2) is 0 Å². The number of hydrogen-bond acceptors (Lipinski definition) is 4. The average molecular weight is 199 g/mol. The number of piperidine rings is 1. The average Bonchev–Trinajstić information content (AvgIpc) is 2.06. The van der Waals surface area contributed by atoms with Crippen LogP contribution in [0.15, 0.2) is 0 Å². The summed E-state index contributed by atoms with van der Waals surface area (Å²) in [6, 6.07) is 0. The number of amides is 2. The van der Waals surface area contributed by atoms with Crippen LogP contribution in [-0.4, -0.2) is 22.8 Å². The van der Waals surface area contributed by atoms with Gasteiger partial charge in [0.1, 0.15) is 0 Å². The fraction of sp³-hybridized carbons (Fsp3) is 0.667. The summed E-state index contributed by atoms with van der Waals surface area (Å²) in [6.45, 7) is 4.60. The Labute approximate surface area is 82.0 Å². The van der Waals surface area contributed by atoms with E-state index >= 15 is 0 Å². The highest BCUT2D eigenvalue weighted by Gasteiger charge is 2.42. The van der Waals surface area contributed by atoms with Gasteiger partial charge in [0.2, 0.25) is 0 Å². The fourth-order valence-electron chi connectivity index (χ4n) is 1.24. The first-order valence-corrected chi connectivity index (χ1v) is 4.40. The van der Waals surface area contributed by atoms with Gasteiger partial charge in [0.25, 0.3) is 11.8 Å². The molecular formula is C9H13NO4. The molecule has 14 heavy (non-hydrogen) atoms. The minimum Gasteiger partial charge on any atom is -0.331 e. The van der Waals surface area contributed by atoms with Crippen LogP contribution in [0.5, 0.6) is 0 Å². The number of hydroxylamine groups is 2. The highest BCUT2D eigenvalue weighted by Crippen LogP contribution is 2.30. The zero-order valence-corrected chi connectivity index (χ0v) is 8.49. The van der Waals surface area contributed by atoms with Crippen LogP contribution < -0.4 is 0 Å². The largest absolute Gasteiger partial charge is 0.331 e. The van der Waals surface area contributed by atoms with Gasteiger partial charge in [0, 0.05) is 18.8 Å². The molecule has 0 aromatic carbocycles. The second kappa shape index (κ2) is 3.40. The minimum absolute atomic E-state index is 0.228. The molecule has 0 aliphatic carbocycles. The van der Waals surface area contributed by atoms with E-state index in [1.165, 1.54) is 0 Å². The van der Waals surface area contributed by atoms with Gasteiger partial charge in [-0.15, -0.1) is 5.06 Å². The SMILES string of the molecule is CC(=O)ON1C(=O)CCC(C)(C)C1=O. The van der Waals surface area contributed by atoms with Crippen molar-refractivity contribution in [1.82, 2.24) is 5.06 Å². The van der Waals surface area contributed by atoms with Gasteiger partial charge in [-0.25, -0.2) is 4.79 Å². The first kappa shape index (κ1) is 10.7. The standard InChI is InChI=1S/C9H13NO4/c1-6(11)14-10-7(12)4-5-9(2,3)8(10)13/h4-5H2,1-3H3. The number of hydrogen-bond donors (Lipinski definition) is 0. The van der Waals surface area contributed by atoms with Crippen LogP contribution in [0.4, 0.5) is 0 Å². The van der Waals surface area contributed by atoms with Crippen molar-refractivity contribution >= 4 is 17.8 Å². The van der Waals surface area contributed by atoms with Crippen molar-refractivity contribution in [2.24, 2.45) is 5.41 Å². The third-order valence-corrected chi connectivity index (χ3v) is 2.17. The lowest BCUT2D eigenvalue weighted by atomic mass is 9.84. The van der Waals surface area contributed by atoms with E-state index in [2.05, 4.69) is 4.84 Å². The van der Waals surface area contributed by atoms with Crippen molar-refractivity contribution in [2.75, 3.05) is 0 Å². The third-order valence-electron chi connectivity index (χ3n) is 2.17. The Balaban J connectivity index is 2.84. The maximum Gasteiger partial charge on any atom is 0.330 e. The van der Waals surface area contributed by atoms with Crippen LogP contribution in [0.25, 0.3) is 0 Å². The van der Waals surface area contributed by atoms with Gasteiger partial charge in [0.05, 0.1) is 0 Å². The maximum absolute atomic E-state index is 11.6. The Morgan fingerprint density at radius 1 is 1.43 bits per heavy atom. The molecule has 0 aromatic heterocycles. The van der Waals surface area contributed by atoms with Gasteiger partial charge >= 0.3 is 5.97 Å². The van der Waals surface area contributed by atoms with E-state index in [9.17, 15) is 14.4 Å². The lowest BCUT2D eigenvalue weighted by Gasteiger charge is -2.33. The Morgan fingerprint density at radius 3 is 2.50 bits per heavy atom. The van der Waals surface area contributed by atoms with Crippen molar-refractivity contribution in [3.63, 3.8) is 0 Å². The summed E-state index contributed by atoms with van der Waals surface area (Å²) < 4.78 is 0.